The van der Waals surface area contributed by atoms with E-state index in [1.54, 1.807) is 12.5 Å². The highest BCUT2D eigenvalue weighted by Gasteiger charge is 2.13. The van der Waals surface area contributed by atoms with E-state index in [9.17, 15) is 8.78 Å². The molecule has 0 atom stereocenters. The van der Waals surface area contributed by atoms with Crippen LogP contribution in [0.25, 0.3) is 0 Å². The van der Waals surface area contributed by atoms with Gasteiger partial charge in [0.2, 0.25) is 0 Å². The number of aliphatic hydroxyl groups excluding tert-OH is 1. The Balaban J connectivity index is 2.59. The Hall–Kier alpha value is -1.01. The highest BCUT2D eigenvalue weighted by Crippen LogP contribution is 2.06. The molecule has 0 aliphatic carbocycles. The van der Waals surface area contributed by atoms with Gasteiger partial charge < -0.3 is 9.67 Å². The molecule has 0 saturated carbocycles. The van der Waals surface area contributed by atoms with E-state index in [0.29, 0.717) is 6.54 Å². The summed E-state index contributed by atoms with van der Waals surface area (Å²) in [7, 11) is 0. The Morgan fingerprint density at radius 2 is 2.31 bits per heavy atom. The van der Waals surface area contributed by atoms with E-state index in [2.05, 4.69) is 4.98 Å². The molecule has 0 amide bonds. The van der Waals surface area contributed by atoms with Crippen LogP contribution in [-0.2, 0) is 13.1 Å². The van der Waals surface area contributed by atoms with Crippen LogP contribution in [0.2, 0.25) is 0 Å². The first-order valence-electron chi connectivity index (χ1n) is 5.27. The Morgan fingerprint density at radius 3 is 2.88 bits per heavy atom. The van der Waals surface area contributed by atoms with Gasteiger partial charge in [-0.15, -0.1) is 0 Å². The Morgan fingerprint density at radius 1 is 1.56 bits per heavy atom. The van der Waals surface area contributed by atoms with Crippen molar-refractivity contribution in [3.63, 3.8) is 0 Å². The molecule has 0 aliphatic rings. The number of aryl methyl sites for hydroxylation is 1. The molecule has 6 heteroatoms. The number of halogens is 2. The number of rotatable bonds is 7. The zero-order valence-corrected chi connectivity index (χ0v) is 9.31. The zero-order chi connectivity index (χ0) is 12.0. The lowest BCUT2D eigenvalue weighted by atomic mass is 10.3. The molecule has 0 bridgehead atoms. The first kappa shape index (κ1) is 13.1. The molecular weight excluding hydrogens is 216 g/mol. The van der Waals surface area contributed by atoms with Gasteiger partial charge in [-0.05, 0) is 6.92 Å². The fourth-order valence-electron chi connectivity index (χ4n) is 1.57. The van der Waals surface area contributed by atoms with E-state index in [1.165, 1.54) is 4.90 Å². The SMILES string of the molecule is CCn1cncc1CN(CCO)CC(F)F. The number of hydrogen-bond acceptors (Lipinski definition) is 3. The summed E-state index contributed by atoms with van der Waals surface area (Å²) in [4.78, 5) is 5.49. The molecule has 1 heterocycles. The summed E-state index contributed by atoms with van der Waals surface area (Å²) in [5.74, 6) is 0. The average Bonchev–Trinajstić information content (AvgIpc) is 2.64. The number of hydrogen-bond donors (Lipinski definition) is 1. The van der Waals surface area contributed by atoms with Crippen molar-refractivity contribution in [3.05, 3.63) is 18.2 Å². The van der Waals surface area contributed by atoms with Crippen molar-refractivity contribution in [1.29, 1.82) is 0 Å². The van der Waals surface area contributed by atoms with Crippen molar-refractivity contribution >= 4 is 0 Å². The second kappa shape index (κ2) is 6.55. The maximum atomic E-state index is 12.3. The highest BCUT2D eigenvalue weighted by molar-refractivity contribution is 4.98. The van der Waals surface area contributed by atoms with Crippen LogP contribution in [-0.4, -0.2) is 45.7 Å². The highest BCUT2D eigenvalue weighted by atomic mass is 19.3. The minimum absolute atomic E-state index is 0.118. The van der Waals surface area contributed by atoms with Gasteiger partial charge in [0, 0.05) is 25.8 Å². The predicted octanol–water partition coefficient (Wildman–Crippen LogP) is 0.962. The summed E-state index contributed by atoms with van der Waals surface area (Å²) < 4.78 is 26.4. The van der Waals surface area contributed by atoms with Crippen molar-refractivity contribution < 1.29 is 13.9 Å². The molecule has 1 rings (SSSR count). The third kappa shape index (κ3) is 3.86. The summed E-state index contributed by atoms with van der Waals surface area (Å²) in [6.45, 7) is 2.92. The smallest absolute Gasteiger partial charge is 0.251 e. The maximum absolute atomic E-state index is 12.3. The minimum atomic E-state index is -2.38. The summed E-state index contributed by atoms with van der Waals surface area (Å²) >= 11 is 0. The van der Waals surface area contributed by atoms with E-state index in [1.807, 2.05) is 11.5 Å². The topological polar surface area (TPSA) is 41.3 Å². The quantitative estimate of drug-likeness (QED) is 0.762. The van der Waals surface area contributed by atoms with Gasteiger partial charge in [0.05, 0.1) is 25.2 Å². The molecule has 4 nitrogen and oxygen atoms in total. The van der Waals surface area contributed by atoms with Crippen LogP contribution in [0.5, 0.6) is 0 Å². The molecule has 16 heavy (non-hydrogen) atoms. The molecule has 92 valence electrons. The molecule has 0 spiro atoms. The van der Waals surface area contributed by atoms with E-state index in [4.69, 9.17) is 5.11 Å². The number of aliphatic hydroxyl groups is 1. The van der Waals surface area contributed by atoms with E-state index >= 15 is 0 Å². The third-order valence-electron chi connectivity index (χ3n) is 2.34. The van der Waals surface area contributed by atoms with Gasteiger partial charge >= 0.3 is 0 Å². The van der Waals surface area contributed by atoms with Crippen LogP contribution in [0.4, 0.5) is 8.78 Å². The van der Waals surface area contributed by atoms with Crippen molar-refractivity contribution in [2.45, 2.75) is 26.4 Å². The van der Waals surface area contributed by atoms with Crippen LogP contribution in [0, 0.1) is 0 Å². The zero-order valence-electron chi connectivity index (χ0n) is 9.31. The Kier molecular flexibility index (Phi) is 5.34. The van der Waals surface area contributed by atoms with Crippen LogP contribution in [0.15, 0.2) is 12.5 Å². The molecule has 0 aliphatic heterocycles. The van der Waals surface area contributed by atoms with Crippen molar-refractivity contribution in [3.8, 4) is 0 Å². The number of nitrogens with zero attached hydrogens (tertiary/aromatic N) is 3. The fraction of sp³-hybridized carbons (Fsp3) is 0.700. The van der Waals surface area contributed by atoms with Gasteiger partial charge in [-0.2, -0.15) is 0 Å². The summed E-state index contributed by atoms with van der Waals surface area (Å²) in [5, 5.41) is 8.80. The molecular formula is C10H17F2N3O. The average molecular weight is 233 g/mol. The number of alkyl halides is 2. The second-order valence-corrected chi connectivity index (χ2v) is 3.52. The largest absolute Gasteiger partial charge is 0.395 e. The fourth-order valence-corrected chi connectivity index (χ4v) is 1.57. The van der Waals surface area contributed by atoms with Crippen LogP contribution >= 0.6 is 0 Å². The molecule has 0 unspecified atom stereocenters. The normalized spacial score (nSPS) is 11.6. The van der Waals surface area contributed by atoms with E-state index in [0.717, 1.165) is 12.2 Å². The first-order valence-corrected chi connectivity index (χ1v) is 5.27. The molecule has 0 radical (unpaired) electrons. The van der Waals surface area contributed by atoms with Crippen LogP contribution in [0.1, 0.15) is 12.6 Å². The molecule has 0 fully saturated rings. The third-order valence-corrected chi connectivity index (χ3v) is 2.34. The van der Waals surface area contributed by atoms with Gasteiger partial charge in [-0.25, -0.2) is 13.8 Å². The van der Waals surface area contributed by atoms with Crippen molar-refractivity contribution in [2.24, 2.45) is 0 Å². The summed E-state index contributed by atoms with van der Waals surface area (Å²) in [6, 6.07) is 0. The van der Waals surface area contributed by atoms with Crippen molar-refractivity contribution in [1.82, 2.24) is 14.5 Å². The van der Waals surface area contributed by atoms with Gasteiger partial charge in [0.1, 0.15) is 0 Å². The van der Waals surface area contributed by atoms with E-state index < -0.39 is 6.43 Å². The molecule has 1 aromatic heterocycles. The number of imidazole rings is 1. The standard InChI is InChI=1S/C10H17F2N3O/c1-2-15-8-13-5-9(15)6-14(3-4-16)7-10(11)12/h5,8,10,16H,2-4,6-7H2,1H3. The van der Waals surface area contributed by atoms with Gasteiger partial charge in [-0.1, -0.05) is 0 Å². The van der Waals surface area contributed by atoms with E-state index in [-0.39, 0.29) is 19.7 Å². The second-order valence-electron chi connectivity index (χ2n) is 3.52. The molecule has 1 N–H and O–H groups in total. The van der Waals surface area contributed by atoms with Gasteiger partial charge in [0.15, 0.2) is 0 Å². The maximum Gasteiger partial charge on any atom is 0.251 e. The van der Waals surface area contributed by atoms with Crippen LogP contribution in [0.3, 0.4) is 0 Å². The predicted molar refractivity (Wildman–Crippen MR) is 56.3 cm³/mol. The first-order chi connectivity index (χ1) is 7.67. The van der Waals surface area contributed by atoms with Gasteiger partial charge in [0.25, 0.3) is 6.43 Å². The molecule has 0 saturated heterocycles. The molecule has 1 aromatic rings. The monoisotopic (exact) mass is 233 g/mol. The van der Waals surface area contributed by atoms with Gasteiger partial charge in [-0.3, -0.25) is 4.90 Å². The molecule has 0 aromatic carbocycles. The Bertz CT molecular complexity index is 304. The lowest BCUT2D eigenvalue weighted by Gasteiger charge is -2.21. The number of aromatic nitrogens is 2. The lowest BCUT2D eigenvalue weighted by molar-refractivity contribution is 0.0735. The summed E-state index contributed by atoms with van der Waals surface area (Å²) in [5.41, 5.74) is 0.886. The summed E-state index contributed by atoms with van der Waals surface area (Å²) in [6.07, 6.45) is 0.957. The van der Waals surface area contributed by atoms with Crippen molar-refractivity contribution in [2.75, 3.05) is 19.7 Å². The van der Waals surface area contributed by atoms with Crippen LogP contribution < -0.4 is 0 Å². The lowest BCUT2D eigenvalue weighted by Crippen LogP contribution is -2.31. The minimum Gasteiger partial charge on any atom is -0.395 e. The Labute approximate surface area is 93.5 Å².